The van der Waals surface area contributed by atoms with Crippen molar-refractivity contribution in [2.45, 2.75) is 31.8 Å². The molecular formula is C11H14FNO. The van der Waals surface area contributed by atoms with Crippen molar-refractivity contribution in [3.8, 4) is 5.75 Å². The van der Waals surface area contributed by atoms with Gasteiger partial charge in [-0.15, -0.1) is 0 Å². The lowest BCUT2D eigenvalue weighted by Gasteiger charge is -2.14. The molecule has 14 heavy (non-hydrogen) atoms. The smallest absolute Gasteiger partial charge is 0.142 e. The highest BCUT2D eigenvalue weighted by Crippen LogP contribution is 2.28. The predicted molar refractivity (Wildman–Crippen MR) is 53.7 cm³/mol. The van der Waals surface area contributed by atoms with Gasteiger partial charge in [0.1, 0.15) is 11.6 Å². The average Bonchev–Trinajstić information content (AvgIpc) is 2.62. The number of nitrogens with two attached hydrogens (primary N) is 1. The van der Waals surface area contributed by atoms with Crippen LogP contribution in [-0.2, 0) is 0 Å². The lowest BCUT2D eigenvalue weighted by Crippen LogP contribution is -2.12. The lowest BCUT2D eigenvalue weighted by molar-refractivity contribution is 0.211. The normalized spacial score (nSPS) is 17.2. The first-order valence-electron chi connectivity index (χ1n) is 4.97. The van der Waals surface area contributed by atoms with Crippen molar-refractivity contribution >= 4 is 5.69 Å². The second-order valence-corrected chi connectivity index (χ2v) is 3.71. The predicted octanol–water partition coefficient (Wildman–Crippen LogP) is 2.73. The van der Waals surface area contributed by atoms with Crippen molar-refractivity contribution in [2.75, 3.05) is 5.73 Å². The Hall–Kier alpha value is -1.25. The zero-order valence-corrected chi connectivity index (χ0v) is 8.00. The summed E-state index contributed by atoms with van der Waals surface area (Å²) in [6.45, 7) is 0. The van der Waals surface area contributed by atoms with Gasteiger partial charge in [-0.05, 0) is 37.8 Å². The minimum absolute atomic E-state index is 0.266. The van der Waals surface area contributed by atoms with Crippen LogP contribution in [0.2, 0.25) is 0 Å². The molecule has 2 N–H and O–H groups in total. The first kappa shape index (κ1) is 9.31. The van der Waals surface area contributed by atoms with E-state index in [0.717, 1.165) is 12.8 Å². The van der Waals surface area contributed by atoms with Gasteiger partial charge in [0.2, 0.25) is 0 Å². The number of rotatable bonds is 2. The summed E-state index contributed by atoms with van der Waals surface area (Å²) in [6, 6.07) is 4.27. The number of hydrogen-bond donors (Lipinski definition) is 1. The van der Waals surface area contributed by atoms with Gasteiger partial charge in [-0.25, -0.2) is 4.39 Å². The molecule has 0 amide bonds. The van der Waals surface area contributed by atoms with E-state index in [1.807, 2.05) is 0 Å². The maximum Gasteiger partial charge on any atom is 0.142 e. The molecule has 2 nitrogen and oxygen atoms in total. The molecule has 0 unspecified atom stereocenters. The van der Waals surface area contributed by atoms with Crippen LogP contribution < -0.4 is 10.5 Å². The second-order valence-electron chi connectivity index (χ2n) is 3.71. The van der Waals surface area contributed by atoms with E-state index in [2.05, 4.69) is 0 Å². The fraction of sp³-hybridized carbons (Fsp3) is 0.455. The minimum atomic E-state index is -0.318. The van der Waals surface area contributed by atoms with Gasteiger partial charge >= 0.3 is 0 Å². The number of nitrogen functional groups attached to an aromatic ring is 1. The molecule has 1 fully saturated rings. The first-order chi connectivity index (χ1) is 6.75. The fourth-order valence-corrected chi connectivity index (χ4v) is 1.81. The molecule has 1 saturated carbocycles. The molecule has 1 aromatic rings. The molecule has 0 bridgehead atoms. The molecule has 76 valence electrons. The Labute approximate surface area is 82.9 Å². The Morgan fingerprint density at radius 3 is 2.64 bits per heavy atom. The molecule has 0 aromatic heterocycles. The van der Waals surface area contributed by atoms with Crippen molar-refractivity contribution in [2.24, 2.45) is 0 Å². The van der Waals surface area contributed by atoms with Crippen LogP contribution in [0.5, 0.6) is 5.75 Å². The van der Waals surface area contributed by atoms with Crippen LogP contribution in [0.1, 0.15) is 25.7 Å². The van der Waals surface area contributed by atoms with E-state index >= 15 is 0 Å². The number of benzene rings is 1. The quantitative estimate of drug-likeness (QED) is 0.736. The van der Waals surface area contributed by atoms with Gasteiger partial charge in [0, 0.05) is 6.07 Å². The second kappa shape index (κ2) is 3.86. The Morgan fingerprint density at radius 1 is 1.29 bits per heavy atom. The molecule has 2 rings (SSSR count). The fourth-order valence-electron chi connectivity index (χ4n) is 1.81. The molecule has 0 radical (unpaired) electrons. The third-order valence-corrected chi connectivity index (χ3v) is 2.57. The van der Waals surface area contributed by atoms with E-state index in [1.54, 1.807) is 6.07 Å². The Bertz CT molecular complexity index is 321. The van der Waals surface area contributed by atoms with Gasteiger partial charge in [-0.1, -0.05) is 0 Å². The molecule has 0 saturated heterocycles. The van der Waals surface area contributed by atoms with E-state index in [1.165, 1.54) is 25.0 Å². The van der Waals surface area contributed by atoms with E-state index in [9.17, 15) is 4.39 Å². The van der Waals surface area contributed by atoms with Gasteiger partial charge in [0.15, 0.2) is 0 Å². The van der Waals surface area contributed by atoms with Crippen molar-refractivity contribution in [3.05, 3.63) is 24.0 Å². The van der Waals surface area contributed by atoms with Crippen LogP contribution in [0.15, 0.2) is 18.2 Å². The Balaban J connectivity index is 2.08. The Kier molecular flexibility index (Phi) is 2.57. The van der Waals surface area contributed by atoms with Gasteiger partial charge in [0.25, 0.3) is 0 Å². The molecule has 1 aromatic carbocycles. The summed E-state index contributed by atoms with van der Waals surface area (Å²) < 4.78 is 18.4. The van der Waals surface area contributed by atoms with Crippen molar-refractivity contribution in [1.82, 2.24) is 0 Å². The largest absolute Gasteiger partial charge is 0.488 e. The van der Waals surface area contributed by atoms with Crippen molar-refractivity contribution < 1.29 is 9.13 Å². The molecule has 1 aliphatic rings. The van der Waals surface area contributed by atoms with Crippen LogP contribution in [-0.4, -0.2) is 6.10 Å². The molecule has 0 aliphatic heterocycles. The highest BCUT2D eigenvalue weighted by molar-refractivity contribution is 5.52. The van der Waals surface area contributed by atoms with Crippen LogP contribution in [0, 0.1) is 5.82 Å². The molecular weight excluding hydrogens is 181 g/mol. The molecule has 0 heterocycles. The van der Waals surface area contributed by atoms with Crippen LogP contribution in [0.25, 0.3) is 0 Å². The standard InChI is InChI=1S/C11H14FNO/c12-8-5-6-11(10(13)7-8)14-9-3-1-2-4-9/h5-7,9H,1-4,13H2. The van der Waals surface area contributed by atoms with Crippen LogP contribution in [0.3, 0.4) is 0 Å². The summed E-state index contributed by atoms with van der Waals surface area (Å²) in [5, 5.41) is 0. The summed E-state index contributed by atoms with van der Waals surface area (Å²) in [5.41, 5.74) is 6.02. The molecule has 1 aliphatic carbocycles. The zero-order chi connectivity index (χ0) is 9.97. The molecule has 3 heteroatoms. The maximum atomic E-state index is 12.7. The number of ether oxygens (including phenoxy) is 1. The molecule has 0 spiro atoms. The monoisotopic (exact) mass is 195 g/mol. The van der Waals surface area contributed by atoms with Gasteiger partial charge < -0.3 is 10.5 Å². The van der Waals surface area contributed by atoms with Crippen molar-refractivity contribution in [3.63, 3.8) is 0 Å². The SMILES string of the molecule is Nc1cc(F)ccc1OC1CCCC1. The van der Waals surface area contributed by atoms with E-state index in [4.69, 9.17) is 10.5 Å². The van der Waals surface area contributed by atoms with Gasteiger partial charge in [-0.2, -0.15) is 0 Å². The van der Waals surface area contributed by atoms with Crippen molar-refractivity contribution in [1.29, 1.82) is 0 Å². The van der Waals surface area contributed by atoms with Gasteiger partial charge in [-0.3, -0.25) is 0 Å². The minimum Gasteiger partial charge on any atom is -0.488 e. The van der Waals surface area contributed by atoms with Crippen LogP contribution >= 0.6 is 0 Å². The first-order valence-corrected chi connectivity index (χ1v) is 4.97. The third-order valence-electron chi connectivity index (χ3n) is 2.57. The summed E-state index contributed by atoms with van der Waals surface area (Å²) in [4.78, 5) is 0. The van der Waals surface area contributed by atoms with Crippen LogP contribution in [0.4, 0.5) is 10.1 Å². The number of hydrogen-bond acceptors (Lipinski definition) is 2. The van der Waals surface area contributed by atoms with E-state index in [0.29, 0.717) is 11.4 Å². The highest BCUT2D eigenvalue weighted by Gasteiger charge is 2.17. The summed E-state index contributed by atoms with van der Waals surface area (Å²) in [6.07, 6.45) is 4.85. The summed E-state index contributed by atoms with van der Waals surface area (Å²) in [5.74, 6) is 0.291. The van der Waals surface area contributed by atoms with E-state index in [-0.39, 0.29) is 11.9 Å². The number of halogens is 1. The average molecular weight is 195 g/mol. The number of anilines is 1. The Morgan fingerprint density at radius 2 is 2.00 bits per heavy atom. The highest BCUT2D eigenvalue weighted by atomic mass is 19.1. The third kappa shape index (κ3) is 1.97. The topological polar surface area (TPSA) is 35.2 Å². The van der Waals surface area contributed by atoms with Gasteiger partial charge in [0.05, 0.1) is 11.8 Å². The summed E-state index contributed by atoms with van der Waals surface area (Å²) >= 11 is 0. The lowest BCUT2D eigenvalue weighted by atomic mass is 10.2. The van der Waals surface area contributed by atoms with E-state index < -0.39 is 0 Å². The zero-order valence-electron chi connectivity index (χ0n) is 8.00. The molecule has 0 atom stereocenters. The maximum absolute atomic E-state index is 12.7. The summed E-state index contributed by atoms with van der Waals surface area (Å²) in [7, 11) is 0.